The van der Waals surface area contributed by atoms with Gasteiger partial charge in [0, 0.05) is 24.3 Å². The molecule has 0 aromatic heterocycles. The maximum Gasteiger partial charge on any atom is 0.238 e. The quantitative estimate of drug-likeness (QED) is 0.733. The molecule has 0 saturated carbocycles. The van der Waals surface area contributed by atoms with Crippen molar-refractivity contribution in [1.29, 1.82) is 0 Å². The van der Waals surface area contributed by atoms with Gasteiger partial charge in [0.2, 0.25) is 11.8 Å². The Hall–Kier alpha value is -2.66. The van der Waals surface area contributed by atoms with Crippen molar-refractivity contribution in [3.05, 3.63) is 59.7 Å². The molecular formula is C19H23N3O2. The summed E-state index contributed by atoms with van der Waals surface area (Å²) in [5, 5.41) is 8.77. The molecule has 0 aliphatic rings. The number of carbonyl (C=O) groups is 2. The molecule has 2 aromatic rings. The summed E-state index contributed by atoms with van der Waals surface area (Å²) in [5.41, 5.74) is 3.47. The van der Waals surface area contributed by atoms with Crippen LogP contribution in [-0.4, -0.2) is 18.4 Å². The smallest absolute Gasteiger partial charge is 0.238 e. The predicted molar refractivity (Wildman–Crippen MR) is 96.9 cm³/mol. The van der Waals surface area contributed by atoms with Crippen molar-refractivity contribution < 1.29 is 9.59 Å². The zero-order valence-electron chi connectivity index (χ0n) is 14.1. The first-order valence-electron chi connectivity index (χ1n) is 8.03. The number of benzene rings is 2. The summed E-state index contributed by atoms with van der Waals surface area (Å²) in [5.74, 6) is -0.173. The van der Waals surface area contributed by atoms with Gasteiger partial charge in [-0.2, -0.15) is 0 Å². The highest BCUT2D eigenvalue weighted by Crippen LogP contribution is 2.20. The van der Waals surface area contributed by atoms with Gasteiger partial charge in [-0.25, -0.2) is 0 Å². The van der Waals surface area contributed by atoms with Gasteiger partial charge in [-0.1, -0.05) is 43.3 Å². The topological polar surface area (TPSA) is 70.2 Å². The third-order valence-corrected chi connectivity index (χ3v) is 3.57. The van der Waals surface area contributed by atoms with E-state index < -0.39 is 0 Å². The van der Waals surface area contributed by atoms with Crippen LogP contribution in [0, 0.1) is 6.92 Å². The van der Waals surface area contributed by atoms with Crippen LogP contribution in [0.15, 0.2) is 48.5 Å². The van der Waals surface area contributed by atoms with Crippen LogP contribution >= 0.6 is 0 Å². The average Bonchev–Trinajstić information content (AvgIpc) is 2.58. The molecule has 0 heterocycles. The zero-order chi connectivity index (χ0) is 17.4. The lowest BCUT2D eigenvalue weighted by molar-refractivity contribution is -0.116. The summed E-state index contributed by atoms with van der Waals surface area (Å²) in [6.07, 6.45) is 0.416. The number of aryl methyl sites for hydroxylation is 1. The molecule has 0 aliphatic carbocycles. The Morgan fingerprint density at radius 3 is 2.42 bits per heavy atom. The minimum Gasteiger partial charge on any atom is -0.326 e. The van der Waals surface area contributed by atoms with Gasteiger partial charge >= 0.3 is 0 Å². The van der Waals surface area contributed by atoms with E-state index in [2.05, 4.69) is 16.0 Å². The van der Waals surface area contributed by atoms with E-state index in [0.29, 0.717) is 18.7 Å². The van der Waals surface area contributed by atoms with Gasteiger partial charge in [-0.05, 0) is 30.2 Å². The molecule has 126 valence electrons. The largest absolute Gasteiger partial charge is 0.326 e. The molecule has 0 radical (unpaired) electrons. The fourth-order valence-electron chi connectivity index (χ4n) is 2.19. The zero-order valence-corrected chi connectivity index (χ0v) is 14.1. The third-order valence-electron chi connectivity index (χ3n) is 3.57. The molecule has 0 fully saturated rings. The van der Waals surface area contributed by atoms with Crippen LogP contribution in [0.3, 0.4) is 0 Å². The van der Waals surface area contributed by atoms with Crippen LogP contribution in [0.4, 0.5) is 11.4 Å². The summed E-state index contributed by atoms with van der Waals surface area (Å²) in [6.45, 7) is 4.58. The molecule has 0 spiro atoms. The van der Waals surface area contributed by atoms with Gasteiger partial charge in [-0.15, -0.1) is 0 Å². The number of hydrogen-bond acceptors (Lipinski definition) is 3. The molecule has 0 unspecified atom stereocenters. The van der Waals surface area contributed by atoms with Gasteiger partial charge in [-0.3, -0.25) is 9.59 Å². The van der Waals surface area contributed by atoms with Crippen molar-refractivity contribution in [2.45, 2.75) is 26.8 Å². The Balaban J connectivity index is 1.87. The van der Waals surface area contributed by atoms with Crippen molar-refractivity contribution in [1.82, 2.24) is 5.32 Å². The Labute approximate surface area is 142 Å². The van der Waals surface area contributed by atoms with Crippen molar-refractivity contribution >= 4 is 23.2 Å². The molecule has 24 heavy (non-hydrogen) atoms. The second kappa shape index (κ2) is 8.84. The Kier molecular flexibility index (Phi) is 6.51. The summed E-state index contributed by atoms with van der Waals surface area (Å²) >= 11 is 0. The normalized spacial score (nSPS) is 10.2. The number of nitrogens with one attached hydrogen (secondary N) is 3. The molecule has 5 heteroatoms. The maximum atomic E-state index is 12.0. The summed E-state index contributed by atoms with van der Waals surface area (Å²) in [4.78, 5) is 23.6. The Morgan fingerprint density at radius 2 is 1.71 bits per heavy atom. The lowest BCUT2D eigenvalue weighted by atomic mass is 10.1. The van der Waals surface area contributed by atoms with E-state index in [1.807, 2.05) is 49.4 Å². The summed E-state index contributed by atoms with van der Waals surface area (Å²) in [7, 11) is 0. The van der Waals surface area contributed by atoms with Crippen molar-refractivity contribution in [2.75, 3.05) is 17.2 Å². The van der Waals surface area contributed by atoms with Crippen LogP contribution in [0.5, 0.6) is 0 Å². The summed E-state index contributed by atoms with van der Waals surface area (Å²) < 4.78 is 0. The predicted octanol–water partition coefficient (Wildman–Crippen LogP) is 3.07. The minimum atomic E-state index is -0.123. The average molecular weight is 325 g/mol. The number of carbonyl (C=O) groups excluding carboxylic acids is 2. The monoisotopic (exact) mass is 325 g/mol. The molecule has 0 bridgehead atoms. The number of amides is 2. The highest BCUT2D eigenvalue weighted by molar-refractivity contribution is 5.95. The van der Waals surface area contributed by atoms with Crippen molar-refractivity contribution in [2.24, 2.45) is 0 Å². The van der Waals surface area contributed by atoms with Crippen LogP contribution in [0.1, 0.15) is 24.5 Å². The van der Waals surface area contributed by atoms with E-state index in [-0.39, 0.29) is 18.4 Å². The third kappa shape index (κ3) is 5.52. The van der Waals surface area contributed by atoms with Crippen LogP contribution in [0.2, 0.25) is 0 Å². The van der Waals surface area contributed by atoms with Crippen LogP contribution in [0.25, 0.3) is 0 Å². The lowest BCUT2D eigenvalue weighted by Crippen LogP contribution is -2.27. The number of hydrogen-bond donors (Lipinski definition) is 3. The molecule has 3 N–H and O–H groups in total. The summed E-state index contributed by atoms with van der Waals surface area (Å²) in [6, 6.07) is 15.4. The standard InChI is InChI=1S/C19H23N3O2/c1-3-18(23)22-17-11-16(10-9-14(17)2)21-19(24)13-20-12-15-7-5-4-6-8-15/h4-11,20H,3,12-13H2,1-2H3,(H,21,24)(H,22,23). The van der Waals surface area contributed by atoms with Crippen LogP contribution < -0.4 is 16.0 Å². The van der Waals surface area contributed by atoms with Gasteiger partial charge in [0.25, 0.3) is 0 Å². The molecular weight excluding hydrogens is 302 g/mol. The van der Waals surface area contributed by atoms with Gasteiger partial charge in [0.15, 0.2) is 0 Å². The van der Waals surface area contributed by atoms with E-state index in [9.17, 15) is 9.59 Å². The Bertz CT molecular complexity index is 699. The molecule has 2 amide bonds. The molecule has 2 aromatic carbocycles. The second-order valence-corrected chi connectivity index (χ2v) is 5.57. The SMILES string of the molecule is CCC(=O)Nc1cc(NC(=O)CNCc2ccccc2)ccc1C. The van der Waals surface area contributed by atoms with Gasteiger partial charge in [0.05, 0.1) is 6.54 Å². The fourth-order valence-corrected chi connectivity index (χ4v) is 2.19. The second-order valence-electron chi connectivity index (χ2n) is 5.57. The Morgan fingerprint density at radius 1 is 0.958 bits per heavy atom. The fraction of sp³-hybridized carbons (Fsp3) is 0.263. The number of rotatable bonds is 7. The van der Waals surface area contributed by atoms with Gasteiger partial charge in [0.1, 0.15) is 0 Å². The highest BCUT2D eigenvalue weighted by Gasteiger charge is 2.06. The first-order valence-corrected chi connectivity index (χ1v) is 8.03. The molecule has 5 nitrogen and oxygen atoms in total. The van der Waals surface area contributed by atoms with E-state index in [0.717, 1.165) is 16.8 Å². The first-order chi connectivity index (χ1) is 11.6. The highest BCUT2D eigenvalue weighted by atomic mass is 16.2. The van der Waals surface area contributed by atoms with E-state index in [1.54, 1.807) is 13.0 Å². The van der Waals surface area contributed by atoms with Crippen LogP contribution in [-0.2, 0) is 16.1 Å². The minimum absolute atomic E-state index is 0.0499. The number of anilines is 2. The lowest BCUT2D eigenvalue weighted by Gasteiger charge is -2.11. The van der Waals surface area contributed by atoms with E-state index >= 15 is 0 Å². The van der Waals surface area contributed by atoms with Crippen molar-refractivity contribution in [3.8, 4) is 0 Å². The van der Waals surface area contributed by atoms with E-state index in [1.165, 1.54) is 0 Å². The maximum absolute atomic E-state index is 12.0. The van der Waals surface area contributed by atoms with Crippen molar-refractivity contribution in [3.63, 3.8) is 0 Å². The van der Waals surface area contributed by atoms with Gasteiger partial charge < -0.3 is 16.0 Å². The molecule has 2 rings (SSSR count). The first kappa shape index (κ1) is 17.7. The van der Waals surface area contributed by atoms with E-state index in [4.69, 9.17) is 0 Å². The molecule has 0 saturated heterocycles. The molecule has 0 aliphatic heterocycles. The molecule has 0 atom stereocenters.